The number of nitrogens with two attached hydrogens (primary N) is 1. The minimum atomic E-state index is -0.00488. The molecule has 6 nitrogen and oxygen atoms in total. The Hall–Kier alpha value is -2.47. The van der Waals surface area contributed by atoms with Crippen molar-refractivity contribution in [1.29, 1.82) is 0 Å². The highest BCUT2D eigenvalue weighted by Crippen LogP contribution is 2.20. The van der Waals surface area contributed by atoms with Crippen LogP contribution in [-0.4, -0.2) is 18.2 Å². The molecule has 0 bridgehead atoms. The monoisotopic (exact) mass is 276 g/mol. The van der Waals surface area contributed by atoms with E-state index in [0.717, 1.165) is 11.3 Å². The van der Waals surface area contributed by atoms with Gasteiger partial charge in [0.2, 0.25) is 0 Å². The van der Waals surface area contributed by atoms with Gasteiger partial charge in [0.25, 0.3) is 0 Å². The largest absolute Gasteiger partial charge is 0.496 e. The molecular formula is C14H16N2O4. The first-order chi connectivity index (χ1) is 9.74. The molecule has 0 atom stereocenters. The quantitative estimate of drug-likeness (QED) is 0.365. The van der Waals surface area contributed by atoms with Crippen molar-refractivity contribution in [3.63, 3.8) is 0 Å². The number of amidine groups is 1. The van der Waals surface area contributed by atoms with Gasteiger partial charge in [0.15, 0.2) is 5.84 Å². The van der Waals surface area contributed by atoms with Crippen LogP contribution in [-0.2, 0) is 18.0 Å². The highest BCUT2D eigenvalue weighted by Gasteiger charge is 2.09. The van der Waals surface area contributed by atoms with Gasteiger partial charge < -0.3 is 24.8 Å². The number of hydrogen-bond donors (Lipinski definition) is 2. The highest BCUT2D eigenvalue weighted by atomic mass is 16.5. The van der Waals surface area contributed by atoms with E-state index in [2.05, 4.69) is 5.16 Å². The summed E-state index contributed by atoms with van der Waals surface area (Å²) < 4.78 is 15.9. The van der Waals surface area contributed by atoms with Crippen molar-refractivity contribution in [2.24, 2.45) is 10.9 Å². The van der Waals surface area contributed by atoms with E-state index < -0.39 is 0 Å². The summed E-state index contributed by atoms with van der Waals surface area (Å²) in [6.45, 7) is 0.772. The zero-order chi connectivity index (χ0) is 14.4. The molecule has 0 spiro atoms. The van der Waals surface area contributed by atoms with E-state index >= 15 is 0 Å². The molecule has 0 aliphatic heterocycles. The minimum absolute atomic E-state index is 0.00488. The topological polar surface area (TPSA) is 90.2 Å². The second-order valence-electron chi connectivity index (χ2n) is 4.09. The lowest BCUT2D eigenvalue weighted by Crippen LogP contribution is -2.15. The zero-order valence-electron chi connectivity index (χ0n) is 11.1. The molecule has 0 aliphatic carbocycles. The van der Waals surface area contributed by atoms with Crippen molar-refractivity contribution in [2.75, 3.05) is 7.11 Å². The van der Waals surface area contributed by atoms with E-state index in [1.807, 2.05) is 18.2 Å². The van der Waals surface area contributed by atoms with Gasteiger partial charge in [-0.25, -0.2) is 0 Å². The zero-order valence-corrected chi connectivity index (χ0v) is 11.1. The lowest BCUT2D eigenvalue weighted by molar-refractivity contribution is 0.0929. The average Bonchev–Trinajstić information content (AvgIpc) is 2.99. The molecule has 0 saturated carbocycles. The van der Waals surface area contributed by atoms with E-state index in [1.54, 1.807) is 18.4 Å². The third kappa shape index (κ3) is 3.30. The van der Waals surface area contributed by atoms with Crippen molar-refractivity contribution in [3.05, 3.63) is 53.5 Å². The van der Waals surface area contributed by atoms with Crippen molar-refractivity contribution >= 4 is 5.84 Å². The third-order valence-electron chi connectivity index (χ3n) is 2.74. The molecule has 1 aromatic heterocycles. The molecule has 2 aromatic rings. The summed E-state index contributed by atoms with van der Waals surface area (Å²) in [5.74, 6) is 1.29. The first kappa shape index (κ1) is 14.0. The number of nitrogens with zero attached hydrogens (tertiary/aromatic N) is 1. The number of methoxy groups -OCH3 is 1. The van der Waals surface area contributed by atoms with Crippen molar-refractivity contribution < 1.29 is 19.1 Å². The fraction of sp³-hybridized carbons (Fsp3) is 0.214. The second kappa shape index (κ2) is 6.63. The van der Waals surface area contributed by atoms with Crippen LogP contribution in [0.5, 0.6) is 5.75 Å². The number of oxime groups is 1. The van der Waals surface area contributed by atoms with Gasteiger partial charge in [-0.2, -0.15) is 0 Å². The Bertz CT molecular complexity index is 579. The maximum Gasteiger partial charge on any atom is 0.173 e. The summed E-state index contributed by atoms with van der Waals surface area (Å²) in [5.41, 5.74) is 7.02. The van der Waals surface area contributed by atoms with Crippen LogP contribution in [0.1, 0.15) is 16.9 Å². The van der Waals surface area contributed by atoms with E-state index in [9.17, 15) is 0 Å². The predicted molar refractivity (Wildman–Crippen MR) is 72.7 cm³/mol. The molecule has 20 heavy (non-hydrogen) atoms. The van der Waals surface area contributed by atoms with Gasteiger partial charge in [-0.3, -0.25) is 0 Å². The van der Waals surface area contributed by atoms with Crippen LogP contribution in [0, 0.1) is 0 Å². The Morgan fingerprint density at radius 1 is 1.35 bits per heavy atom. The smallest absolute Gasteiger partial charge is 0.173 e. The van der Waals surface area contributed by atoms with Gasteiger partial charge in [-0.1, -0.05) is 11.2 Å². The predicted octanol–water partition coefficient (Wildman–Crippen LogP) is 2.10. The number of furan rings is 1. The molecule has 2 rings (SSSR count). The maximum absolute atomic E-state index is 8.76. The van der Waals surface area contributed by atoms with Gasteiger partial charge in [0, 0.05) is 0 Å². The van der Waals surface area contributed by atoms with Gasteiger partial charge in [-0.05, 0) is 29.8 Å². The van der Waals surface area contributed by atoms with Crippen LogP contribution < -0.4 is 10.5 Å². The first-order valence-electron chi connectivity index (χ1n) is 5.99. The molecule has 106 valence electrons. The number of ether oxygens (including phenoxy) is 2. The molecule has 6 heteroatoms. The van der Waals surface area contributed by atoms with Gasteiger partial charge in [0.05, 0.1) is 25.5 Å². The summed E-state index contributed by atoms with van der Waals surface area (Å²) in [7, 11) is 1.52. The summed E-state index contributed by atoms with van der Waals surface area (Å²) in [5, 5.41) is 11.8. The molecule has 0 unspecified atom stereocenters. The van der Waals surface area contributed by atoms with E-state index in [-0.39, 0.29) is 5.84 Å². The van der Waals surface area contributed by atoms with Crippen molar-refractivity contribution in [2.45, 2.75) is 13.2 Å². The molecule has 0 fully saturated rings. The molecule has 3 N–H and O–H groups in total. The lowest BCUT2D eigenvalue weighted by Gasteiger charge is -2.09. The van der Waals surface area contributed by atoms with Crippen LogP contribution in [0.4, 0.5) is 0 Å². The Labute approximate surface area is 116 Å². The maximum atomic E-state index is 8.76. The number of rotatable bonds is 6. The molecule has 1 aromatic carbocycles. The molecule has 1 heterocycles. The molecule has 0 amide bonds. The highest BCUT2D eigenvalue weighted by molar-refractivity contribution is 5.99. The van der Waals surface area contributed by atoms with Gasteiger partial charge >= 0.3 is 0 Å². The molecule has 0 aliphatic rings. The molecule has 0 saturated heterocycles. The van der Waals surface area contributed by atoms with Crippen molar-refractivity contribution in [1.82, 2.24) is 0 Å². The van der Waals surface area contributed by atoms with Crippen LogP contribution in [0.2, 0.25) is 0 Å². The third-order valence-corrected chi connectivity index (χ3v) is 2.74. The molecular weight excluding hydrogens is 260 g/mol. The van der Waals surface area contributed by atoms with E-state index in [1.165, 1.54) is 7.11 Å². The Morgan fingerprint density at radius 3 is 2.85 bits per heavy atom. The minimum Gasteiger partial charge on any atom is -0.496 e. The fourth-order valence-corrected chi connectivity index (χ4v) is 1.76. The molecule has 0 radical (unpaired) electrons. The van der Waals surface area contributed by atoms with Crippen molar-refractivity contribution in [3.8, 4) is 5.75 Å². The average molecular weight is 276 g/mol. The van der Waals surface area contributed by atoms with Gasteiger partial charge in [0.1, 0.15) is 18.1 Å². The normalized spacial score (nSPS) is 11.6. The SMILES string of the molecule is COc1ccc(COCc2ccco2)cc1C(N)=NO. The Balaban J connectivity index is 2.05. The summed E-state index contributed by atoms with van der Waals surface area (Å²) in [6, 6.07) is 9.02. The Kier molecular flexibility index (Phi) is 4.62. The lowest BCUT2D eigenvalue weighted by atomic mass is 10.1. The summed E-state index contributed by atoms with van der Waals surface area (Å²) >= 11 is 0. The number of hydrogen-bond acceptors (Lipinski definition) is 5. The van der Waals surface area contributed by atoms with Crippen LogP contribution in [0.15, 0.2) is 46.2 Å². The first-order valence-corrected chi connectivity index (χ1v) is 5.99. The van der Waals surface area contributed by atoms with E-state index in [0.29, 0.717) is 24.5 Å². The fourth-order valence-electron chi connectivity index (χ4n) is 1.76. The van der Waals surface area contributed by atoms with Crippen LogP contribution >= 0.6 is 0 Å². The number of benzene rings is 1. The van der Waals surface area contributed by atoms with Gasteiger partial charge in [-0.15, -0.1) is 0 Å². The summed E-state index contributed by atoms with van der Waals surface area (Å²) in [6.07, 6.45) is 1.60. The standard InChI is InChI=1S/C14H16N2O4/c1-18-13-5-4-10(7-12(13)14(15)16-17)8-19-9-11-3-2-6-20-11/h2-7,17H,8-9H2,1H3,(H2,15,16). The van der Waals surface area contributed by atoms with E-state index in [4.69, 9.17) is 24.8 Å². The summed E-state index contributed by atoms with van der Waals surface area (Å²) in [4.78, 5) is 0. The second-order valence-corrected chi connectivity index (χ2v) is 4.09. The van der Waals surface area contributed by atoms with Crippen LogP contribution in [0.25, 0.3) is 0 Å². The van der Waals surface area contributed by atoms with Crippen LogP contribution in [0.3, 0.4) is 0 Å². The Morgan fingerprint density at radius 2 is 2.20 bits per heavy atom.